The van der Waals surface area contributed by atoms with Crippen molar-refractivity contribution in [2.75, 3.05) is 6.61 Å². The summed E-state index contributed by atoms with van der Waals surface area (Å²) in [6.45, 7) is 6.96. The minimum Gasteiger partial charge on any atom is -0.460 e. The Morgan fingerprint density at radius 2 is 2.00 bits per heavy atom. The van der Waals surface area contributed by atoms with Crippen LogP contribution in [0.2, 0.25) is 0 Å². The molecule has 0 amide bonds. The van der Waals surface area contributed by atoms with Crippen molar-refractivity contribution in [2.24, 2.45) is 0 Å². The molecule has 0 aliphatic carbocycles. The van der Waals surface area contributed by atoms with Crippen LogP contribution in [0.4, 0.5) is 0 Å². The number of carbonyl (C=O) groups excluding carboxylic acids is 1. The van der Waals surface area contributed by atoms with E-state index in [0.29, 0.717) is 12.4 Å². The van der Waals surface area contributed by atoms with Gasteiger partial charge in [-0.25, -0.2) is 4.79 Å². The van der Waals surface area contributed by atoms with Crippen molar-refractivity contribution >= 4 is 5.97 Å². The van der Waals surface area contributed by atoms with Crippen LogP contribution in [-0.2, 0) is 11.3 Å². The highest BCUT2D eigenvalue weighted by molar-refractivity contribution is 5.85. The molecule has 1 aromatic heterocycles. The quantitative estimate of drug-likeness (QED) is 0.541. The third kappa shape index (κ3) is 3.84. The molecule has 0 N–H and O–H groups in total. The Morgan fingerprint density at radius 1 is 1.24 bits per heavy atom. The second-order valence-corrected chi connectivity index (χ2v) is 4.00. The summed E-state index contributed by atoms with van der Waals surface area (Å²) in [6.07, 6.45) is 4.62. The molecule has 17 heavy (non-hydrogen) atoms. The standard InChI is InChI=1S/C12H21N3O2/c1-4-6-7-8-9-15-10(3)13-14-11(15)12(16)17-5-2/h4-9H2,1-3H3. The Balaban J connectivity index is 2.63. The number of rotatable bonds is 7. The fraction of sp³-hybridized carbons (Fsp3) is 0.750. The van der Waals surface area contributed by atoms with Gasteiger partial charge in [-0.05, 0) is 20.3 Å². The van der Waals surface area contributed by atoms with Crippen molar-refractivity contribution in [3.63, 3.8) is 0 Å². The van der Waals surface area contributed by atoms with E-state index in [1.54, 1.807) is 6.92 Å². The van der Waals surface area contributed by atoms with Gasteiger partial charge in [0.25, 0.3) is 0 Å². The minimum absolute atomic E-state index is 0.320. The van der Waals surface area contributed by atoms with Gasteiger partial charge in [0, 0.05) is 6.54 Å². The van der Waals surface area contributed by atoms with Gasteiger partial charge in [-0.1, -0.05) is 26.2 Å². The van der Waals surface area contributed by atoms with Crippen molar-refractivity contribution in [2.45, 2.75) is 53.0 Å². The van der Waals surface area contributed by atoms with E-state index in [9.17, 15) is 4.79 Å². The average molecular weight is 239 g/mol. The zero-order valence-corrected chi connectivity index (χ0v) is 10.9. The Bertz CT molecular complexity index is 361. The SMILES string of the molecule is CCCCCCn1c(C)nnc1C(=O)OCC. The number of aryl methyl sites for hydroxylation is 1. The van der Waals surface area contributed by atoms with Crippen LogP contribution in [0.25, 0.3) is 0 Å². The molecule has 0 radical (unpaired) electrons. The van der Waals surface area contributed by atoms with Crippen molar-refractivity contribution in [3.05, 3.63) is 11.6 Å². The van der Waals surface area contributed by atoms with Crippen molar-refractivity contribution in [1.82, 2.24) is 14.8 Å². The summed E-state index contributed by atoms with van der Waals surface area (Å²) in [5, 5.41) is 7.80. The summed E-state index contributed by atoms with van der Waals surface area (Å²) < 4.78 is 6.79. The maximum absolute atomic E-state index is 11.6. The molecule has 5 heteroatoms. The zero-order chi connectivity index (χ0) is 12.7. The van der Waals surface area contributed by atoms with E-state index in [-0.39, 0.29) is 5.97 Å². The lowest BCUT2D eigenvalue weighted by Crippen LogP contribution is -2.14. The summed E-state index contributed by atoms with van der Waals surface area (Å²) in [5.41, 5.74) is 0. The highest BCUT2D eigenvalue weighted by atomic mass is 16.5. The fourth-order valence-electron chi connectivity index (χ4n) is 1.69. The lowest BCUT2D eigenvalue weighted by atomic mass is 10.2. The van der Waals surface area contributed by atoms with Gasteiger partial charge in [-0.2, -0.15) is 0 Å². The molecule has 0 atom stereocenters. The first-order valence-electron chi connectivity index (χ1n) is 6.27. The molecule has 5 nitrogen and oxygen atoms in total. The van der Waals surface area contributed by atoms with Gasteiger partial charge >= 0.3 is 5.97 Å². The van der Waals surface area contributed by atoms with Crippen molar-refractivity contribution < 1.29 is 9.53 Å². The van der Waals surface area contributed by atoms with Gasteiger partial charge in [-0.3, -0.25) is 0 Å². The van der Waals surface area contributed by atoms with Gasteiger partial charge in [0.05, 0.1) is 6.61 Å². The topological polar surface area (TPSA) is 57.0 Å². The summed E-state index contributed by atoms with van der Waals surface area (Å²) in [5.74, 6) is 0.703. The molecule has 0 aromatic carbocycles. The molecule has 0 spiro atoms. The molecule has 1 rings (SSSR count). The van der Waals surface area contributed by atoms with E-state index in [1.165, 1.54) is 12.8 Å². The molecular formula is C12H21N3O2. The monoisotopic (exact) mass is 239 g/mol. The third-order valence-electron chi connectivity index (χ3n) is 2.63. The first-order valence-corrected chi connectivity index (χ1v) is 6.27. The molecule has 1 aromatic rings. The van der Waals surface area contributed by atoms with Crippen LogP contribution >= 0.6 is 0 Å². The number of nitrogens with zero attached hydrogens (tertiary/aromatic N) is 3. The van der Waals surface area contributed by atoms with E-state index in [1.807, 2.05) is 11.5 Å². The molecule has 0 aliphatic heterocycles. The Hall–Kier alpha value is -1.39. The normalized spacial score (nSPS) is 10.5. The molecular weight excluding hydrogens is 218 g/mol. The van der Waals surface area contributed by atoms with E-state index in [2.05, 4.69) is 17.1 Å². The molecule has 0 saturated carbocycles. The summed E-state index contributed by atoms with van der Waals surface area (Å²) in [4.78, 5) is 11.6. The average Bonchev–Trinajstić information content (AvgIpc) is 2.67. The van der Waals surface area contributed by atoms with Gasteiger partial charge in [0.2, 0.25) is 5.82 Å². The van der Waals surface area contributed by atoms with E-state index < -0.39 is 0 Å². The number of hydrogen-bond donors (Lipinski definition) is 0. The third-order valence-corrected chi connectivity index (χ3v) is 2.63. The lowest BCUT2D eigenvalue weighted by Gasteiger charge is -2.07. The van der Waals surface area contributed by atoms with Crippen molar-refractivity contribution in [3.8, 4) is 0 Å². The number of ether oxygens (including phenoxy) is 1. The molecule has 0 saturated heterocycles. The molecule has 96 valence electrons. The maximum Gasteiger partial charge on any atom is 0.376 e. The Labute approximate surface area is 102 Å². The van der Waals surface area contributed by atoms with E-state index in [0.717, 1.165) is 25.2 Å². The highest BCUT2D eigenvalue weighted by Crippen LogP contribution is 2.07. The predicted molar refractivity (Wildman–Crippen MR) is 64.9 cm³/mol. The van der Waals surface area contributed by atoms with Crippen LogP contribution in [0.3, 0.4) is 0 Å². The Morgan fingerprint density at radius 3 is 2.65 bits per heavy atom. The van der Waals surface area contributed by atoms with Gasteiger partial charge in [-0.15, -0.1) is 10.2 Å². The smallest absolute Gasteiger partial charge is 0.376 e. The predicted octanol–water partition coefficient (Wildman–Crippen LogP) is 2.34. The number of esters is 1. The molecule has 0 unspecified atom stereocenters. The second kappa shape index (κ2) is 7.04. The number of hydrogen-bond acceptors (Lipinski definition) is 4. The van der Waals surface area contributed by atoms with Gasteiger partial charge < -0.3 is 9.30 Å². The fourth-order valence-corrected chi connectivity index (χ4v) is 1.69. The molecule has 0 fully saturated rings. The van der Waals surface area contributed by atoms with Gasteiger partial charge in [0.15, 0.2) is 0 Å². The van der Waals surface area contributed by atoms with Crippen LogP contribution in [0.1, 0.15) is 56.0 Å². The molecule has 1 heterocycles. The summed E-state index contributed by atoms with van der Waals surface area (Å²) >= 11 is 0. The van der Waals surface area contributed by atoms with Crippen LogP contribution < -0.4 is 0 Å². The van der Waals surface area contributed by atoms with Crippen LogP contribution in [-0.4, -0.2) is 27.3 Å². The number of carbonyl (C=O) groups is 1. The van der Waals surface area contributed by atoms with E-state index in [4.69, 9.17) is 4.74 Å². The first-order chi connectivity index (χ1) is 8.20. The van der Waals surface area contributed by atoms with Crippen molar-refractivity contribution in [1.29, 1.82) is 0 Å². The number of unbranched alkanes of at least 4 members (excludes halogenated alkanes) is 3. The maximum atomic E-state index is 11.6. The van der Waals surface area contributed by atoms with Gasteiger partial charge in [0.1, 0.15) is 5.82 Å². The number of aromatic nitrogens is 3. The first kappa shape index (κ1) is 13.7. The summed E-state index contributed by atoms with van der Waals surface area (Å²) in [7, 11) is 0. The summed E-state index contributed by atoms with van der Waals surface area (Å²) in [6, 6.07) is 0. The van der Waals surface area contributed by atoms with Crippen LogP contribution in [0.5, 0.6) is 0 Å². The highest BCUT2D eigenvalue weighted by Gasteiger charge is 2.17. The molecule has 0 aliphatic rings. The largest absolute Gasteiger partial charge is 0.460 e. The van der Waals surface area contributed by atoms with Crippen LogP contribution in [0, 0.1) is 6.92 Å². The van der Waals surface area contributed by atoms with E-state index >= 15 is 0 Å². The second-order valence-electron chi connectivity index (χ2n) is 4.00. The van der Waals surface area contributed by atoms with Crippen LogP contribution in [0.15, 0.2) is 0 Å². The Kier molecular flexibility index (Phi) is 5.66. The minimum atomic E-state index is -0.386. The zero-order valence-electron chi connectivity index (χ0n) is 10.9. The molecule has 0 bridgehead atoms. The lowest BCUT2D eigenvalue weighted by molar-refractivity contribution is 0.0505.